The molecule has 1 fully saturated rings. The van der Waals surface area contributed by atoms with E-state index in [2.05, 4.69) is 0 Å². The first kappa shape index (κ1) is 19.4. The summed E-state index contributed by atoms with van der Waals surface area (Å²) in [5, 5.41) is 11.0. The maximum Gasteiger partial charge on any atom is 0.296 e. The molecule has 1 aliphatic heterocycles. The van der Waals surface area contributed by atoms with Crippen molar-refractivity contribution in [2.45, 2.75) is 12.6 Å². The van der Waals surface area contributed by atoms with Gasteiger partial charge in [0.2, 0.25) is 0 Å². The van der Waals surface area contributed by atoms with E-state index in [0.29, 0.717) is 11.5 Å². The van der Waals surface area contributed by atoms with Crippen LogP contribution in [0.4, 0.5) is 4.39 Å². The molecule has 3 aromatic rings. The lowest BCUT2D eigenvalue weighted by molar-refractivity contribution is -0.140. The standard InChI is InChI=1S/C23H18FNO5/c1-29-18-11-5-3-9-16(18)21(26)19-20(15-8-2-4-10-17(15)24)25(23(28)22(19)27)13-14-7-6-12-30-14/h2-12,20,26H,13H2,1H3/b21-19-. The van der Waals surface area contributed by atoms with Crippen molar-refractivity contribution >= 4 is 17.4 Å². The number of amides is 1. The zero-order chi connectivity index (χ0) is 21.3. The lowest BCUT2D eigenvalue weighted by Gasteiger charge is -2.25. The fourth-order valence-electron chi connectivity index (χ4n) is 3.62. The molecule has 30 heavy (non-hydrogen) atoms. The highest BCUT2D eigenvalue weighted by molar-refractivity contribution is 6.46. The molecule has 1 aliphatic rings. The Bertz CT molecular complexity index is 1140. The second-order valence-electron chi connectivity index (χ2n) is 6.73. The van der Waals surface area contributed by atoms with Crippen LogP contribution >= 0.6 is 0 Å². The van der Waals surface area contributed by atoms with Gasteiger partial charge in [-0.1, -0.05) is 30.3 Å². The van der Waals surface area contributed by atoms with E-state index in [-0.39, 0.29) is 23.2 Å². The molecule has 1 aromatic heterocycles. The SMILES string of the molecule is COc1ccccc1/C(O)=C1/C(=O)C(=O)N(Cc2ccco2)C1c1ccccc1F. The summed E-state index contributed by atoms with van der Waals surface area (Å²) >= 11 is 0. The molecule has 1 unspecified atom stereocenters. The number of nitrogens with zero attached hydrogens (tertiary/aromatic N) is 1. The molecular formula is C23H18FNO5. The molecule has 0 aliphatic carbocycles. The Morgan fingerprint density at radius 2 is 1.83 bits per heavy atom. The van der Waals surface area contributed by atoms with Gasteiger partial charge in [-0.3, -0.25) is 9.59 Å². The van der Waals surface area contributed by atoms with E-state index in [9.17, 15) is 19.1 Å². The summed E-state index contributed by atoms with van der Waals surface area (Å²) < 4.78 is 25.3. The predicted molar refractivity (Wildman–Crippen MR) is 106 cm³/mol. The number of furan rings is 1. The van der Waals surface area contributed by atoms with E-state index in [0.717, 1.165) is 0 Å². The number of aliphatic hydroxyl groups excluding tert-OH is 1. The van der Waals surface area contributed by atoms with Gasteiger partial charge in [0, 0.05) is 5.56 Å². The Morgan fingerprint density at radius 3 is 2.53 bits per heavy atom. The highest BCUT2D eigenvalue weighted by atomic mass is 19.1. The van der Waals surface area contributed by atoms with Crippen LogP contribution in [0, 0.1) is 5.82 Å². The first-order valence-electron chi connectivity index (χ1n) is 9.21. The number of hydrogen-bond donors (Lipinski definition) is 1. The van der Waals surface area contributed by atoms with Crippen LogP contribution < -0.4 is 4.74 Å². The average Bonchev–Trinajstić information content (AvgIpc) is 3.36. The highest BCUT2D eigenvalue weighted by Gasteiger charge is 2.47. The van der Waals surface area contributed by atoms with Gasteiger partial charge in [0.15, 0.2) is 0 Å². The Morgan fingerprint density at radius 1 is 1.10 bits per heavy atom. The van der Waals surface area contributed by atoms with Crippen molar-refractivity contribution in [3.63, 3.8) is 0 Å². The largest absolute Gasteiger partial charge is 0.507 e. The van der Waals surface area contributed by atoms with E-state index in [1.807, 2.05) is 0 Å². The Kier molecular flexibility index (Phi) is 5.10. The number of Topliss-reactive ketones (excluding diaryl/α,β-unsaturated/α-hetero) is 1. The second-order valence-corrected chi connectivity index (χ2v) is 6.73. The van der Waals surface area contributed by atoms with Gasteiger partial charge < -0.3 is 19.2 Å². The number of para-hydroxylation sites is 1. The van der Waals surface area contributed by atoms with Crippen LogP contribution in [0.5, 0.6) is 5.75 Å². The molecule has 0 spiro atoms. The van der Waals surface area contributed by atoms with E-state index in [1.165, 1.54) is 36.5 Å². The fraction of sp³-hybridized carbons (Fsp3) is 0.130. The van der Waals surface area contributed by atoms with Crippen molar-refractivity contribution in [1.82, 2.24) is 4.90 Å². The summed E-state index contributed by atoms with van der Waals surface area (Å²) in [4.78, 5) is 27.0. The number of ketones is 1. The fourth-order valence-corrected chi connectivity index (χ4v) is 3.62. The van der Waals surface area contributed by atoms with Crippen molar-refractivity contribution < 1.29 is 28.2 Å². The van der Waals surface area contributed by atoms with Gasteiger partial charge in [-0.15, -0.1) is 0 Å². The maximum atomic E-state index is 14.7. The molecule has 2 heterocycles. The van der Waals surface area contributed by atoms with Crippen molar-refractivity contribution in [2.24, 2.45) is 0 Å². The normalized spacial score (nSPS) is 18.1. The minimum atomic E-state index is -1.12. The first-order chi connectivity index (χ1) is 14.5. The number of halogens is 1. The summed E-state index contributed by atoms with van der Waals surface area (Å²) in [5.74, 6) is -2.04. The van der Waals surface area contributed by atoms with Crippen molar-refractivity contribution in [3.8, 4) is 5.75 Å². The summed E-state index contributed by atoms with van der Waals surface area (Å²) in [6, 6.07) is 14.6. The van der Waals surface area contributed by atoms with E-state index >= 15 is 0 Å². The molecule has 0 radical (unpaired) electrons. The lowest BCUT2D eigenvalue weighted by atomic mass is 9.94. The van der Waals surface area contributed by atoms with E-state index in [1.54, 1.807) is 42.5 Å². The number of likely N-dealkylation sites (tertiary alicyclic amines) is 1. The van der Waals surface area contributed by atoms with Gasteiger partial charge in [-0.2, -0.15) is 0 Å². The van der Waals surface area contributed by atoms with Crippen LogP contribution in [0.1, 0.15) is 22.9 Å². The van der Waals surface area contributed by atoms with Crippen LogP contribution in [-0.4, -0.2) is 28.8 Å². The number of rotatable bonds is 5. The zero-order valence-corrected chi connectivity index (χ0v) is 16.0. The highest BCUT2D eigenvalue weighted by Crippen LogP contribution is 2.42. The Labute approximate surface area is 171 Å². The van der Waals surface area contributed by atoms with Crippen molar-refractivity contribution in [1.29, 1.82) is 0 Å². The maximum absolute atomic E-state index is 14.7. The average molecular weight is 407 g/mol. The van der Waals surface area contributed by atoms with Gasteiger partial charge in [0.25, 0.3) is 11.7 Å². The summed E-state index contributed by atoms with van der Waals surface area (Å²) in [6.07, 6.45) is 1.44. The smallest absolute Gasteiger partial charge is 0.296 e. The molecule has 1 saturated heterocycles. The summed E-state index contributed by atoms with van der Waals surface area (Å²) in [7, 11) is 1.43. The molecule has 1 atom stereocenters. The van der Waals surface area contributed by atoms with Gasteiger partial charge >= 0.3 is 0 Å². The van der Waals surface area contributed by atoms with Crippen LogP contribution in [0.15, 0.2) is 76.9 Å². The van der Waals surface area contributed by atoms with Crippen LogP contribution in [-0.2, 0) is 16.1 Å². The summed E-state index contributed by atoms with van der Waals surface area (Å²) in [6.45, 7) is -0.0563. The zero-order valence-electron chi connectivity index (χ0n) is 16.0. The topological polar surface area (TPSA) is 80.0 Å². The van der Waals surface area contributed by atoms with Gasteiger partial charge in [0.1, 0.15) is 23.1 Å². The first-order valence-corrected chi connectivity index (χ1v) is 9.21. The van der Waals surface area contributed by atoms with Crippen molar-refractivity contribution in [3.05, 3.63) is 95.2 Å². The molecule has 2 aromatic carbocycles. The Balaban J connectivity index is 1.92. The lowest BCUT2D eigenvalue weighted by Crippen LogP contribution is -2.29. The molecule has 0 bridgehead atoms. The number of benzene rings is 2. The third-order valence-corrected chi connectivity index (χ3v) is 5.01. The molecule has 152 valence electrons. The van der Waals surface area contributed by atoms with Gasteiger partial charge in [-0.25, -0.2) is 4.39 Å². The van der Waals surface area contributed by atoms with Gasteiger partial charge in [0.05, 0.1) is 37.1 Å². The third kappa shape index (κ3) is 3.24. The number of carbonyl (C=O) groups excluding carboxylic acids is 2. The van der Waals surface area contributed by atoms with Crippen LogP contribution in [0.25, 0.3) is 5.76 Å². The Hall–Kier alpha value is -3.87. The summed E-state index contributed by atoms with van der Waals surface area (Å²) in [5.41, 5.74) is 0.123. The quantitative estimate of drug-likeness (QED) is 0.392. The number of methoxy groups -OCH3 is 1. The second kappa shape index (κ2) is 7.87. The number of carbonyl (C=O) groups is 2. The predicted octanol–water partition coefficient (Wildman–Crippen LogP) is 4.05. The number of hydrogen-bond acceptors (Lipinski definition) is 5. The molecule has 1 amide bonds. The molecule has 0 saturated carbocycles. The number of aliphatic hydroxyl groups is 1. The molecule has 4 rings (SSSR count). The van der Waals surface area contributed by atoms with E-state index < -0.39 is 29.3 Å². The molecule has 7 heteroatoms. The van der Waals surface area contributed by atoms with Gasteiger partial charge in [-0.05, 0) is 30.3 Å². The molecular weight excluding hydrogens is 389 g/mol. The molecule has 6 nitrogen and oxygen atoms in total. The molecule has 1 N–H and O–H groups in total. The third-order valence-electron chi connectivity index (χ3n) is 5.01. The minimum absolute atomic E-state index is 0.0563. The van der Waals surface area contributed by atoms with Crippen molar-refractivity contribution in [2.75, 3.05) is 7.11 Å². The van der Waals surface area contributed by atoms with Crippen LogP contribution in [0.3, 0.4) is 0 Å². The minimum Gasteiger partial charge on any atom is -0.507 e. The van der Waals surface area contributed by atoms with Crippen LogP contribution in [0.2, 0.25) is 0 Å². The van der Waals surface area contributed by atoms with E-state index in [4.69, 9.17) is 9.15 Å². The monoisotopic (exact) mass is 407 g/mol. The number of ether oxygens (including phenoxy) is 1.